The maximum Gasteiger partial charge on any atom is 0.254 e. The lowest BCUT2D eigenvalue weighted by Crippen LogP contribution is -2.48. The molecule has 0 bridgehead atoms. The fraction of sp³-hybridized carbons (Fsp3) is 0.474. The topological polar surface area (TPSA) is 50.6 Å². The molecule has 0 N–H and O–H groups in total. The number of aromatic nitrogens is 2. The van der Waals surface area contributed by atoms with Crippen molar-refractivity contribution in [2.24, 2.45) is 0 Å². The lowest BCUT2D eigenvalue weighted by atomic mass is 10.1. The Labute approximate surface area is 149 Å². The van der Waals surface area contributed by atoms with Crippen LogP contribution in [0.25, 0.3) is 0 Å². The molecule has 1 aromatic carbocycles. The number of ether oxygens (including phenoxy) is 1. The van der Waals surface area contributed by atoms with Crippen LogP contribution in [0.4, 0.5) is 0 Å². The number of carbonyl (C=O) groups excluding carboxylic acids is 1. The first-order chi connectivity index (χ1) is 12.1. The second kappa shape index (κ2) is 7.70. The van der Waals surface area contributed by atoms with Gasteiger partial charge in [0.05, 0.1) is 12.8 Å². The van der Waals surface area contributed by atoms with Crippen LogP contribution in [-0.4, -0.2) is 58.8 Å². The van der Waals surface area contributed by atoms with Gasteiger partial charge in [-0.1, -0.05) is 6.07 Å². The molecule has 6 heteroatoms. The Hall–Kier alpha value is -2.34. The molecule has 2 aromatic rings. The number of rotatable bonds is 5. The second-order valence-electron chi connectivity index (χ2n) is 6.40. The monoisotopic (exact) mass is 342 g/mol. The summed E-state index contributed by atoms with van der Waals surface area (Å²) in [5, 5.41) is 4.51. The fourth-order valence-electron chi connectivity index (χ4n) is 3.16. The number of aryl methyl sites for hydroxylation is 2. The van der Waals surface area contributed by atoms with Crippen molar-refractivity contribution < 1.29 is 9.53 Å². The molecule has 0 spiro atoms. The van der Waals surface area contributed by atoms with E-state index in [0.717, 1.165) is 45.0 Å². The van der Waals surface area contributed by atoms with Gasteiger partial charge in [-0.3, -0.25) is 14.4 Å². The minimum atomic E-state index is 0.0773. The maximum atomic E-state index is 12.7. The summed E-state index contributed by atoms with van der Waals surface area (Å²) in [5.41, 5.74) is 3.05. The van der Waals surface area contributed by atoms with E-state index in [2.05, 4.69) is 30.0 Å². The van der Waals surface area contributed by atoms with Crippen molar-refractivity contribution in [1.29, 1.82) is 0 Å². The first-order valence-corrected chi connectivity index (χ1v) is 8.79. The summed E-state index contributed by atoms with van der Waals surface area (Å²) < 4.78 is 7.19. The molecule has 6 nitrogen and oxygen atoms in total. The van der Waals surface area contributed by atoms with E-state index in [9.17, 15) is 4.79 Å². The quantitative estimate of drug-likeness (QED) is 0.836. The van der Waals surface area contributed by atoms with Crippen LogP contribution < -0.4 is 4.74 Å². The first-order valence-electron chi connectivity index (χ1n) is 8.79. The Kier molecular flexibility index (Phi) is 5.38. The summed E-state index contributed by atoms with van der Waals surface area (Å²) in [6.07, 6.45) is 2.13. The van der Waals surface area contributed by atoms with Crippen LogP contribution in [0.15, 0.2) is 30.5 Å². The van der Waals surface area contributed by atoms with Crippen LogP contribution in [0.2, 0.25) is 0 Å². The molecule has 0 unspecified atom stereocenters. The molecule has 25 heavy (non-hydrogen) atoms. The Morgan fingerprint density at radius 1 is 1.24 bits per heavy atom. The largest absolute Gasteiger partial charge is 0.497 e. The highest BCUT2D eigenvalue weighted by Gasteiger charge is 2.23. The van der Waals surface area contributed by atoms with E-state index >= 15 is 0 Å². The highest BCUT2D eigenvalue weighted by atomic mass is 16.5. The Balaban J connectivity index is 1.57. The van der Waals surface area contributed by atoms with Crippen molar-refractivity contribution in [2.75, 3.05) is 33.3 Å². The third-order valence-electron chi connectivity index (χ3n) is 4.74. The molecule has 1 aromatic heterocycles. The zero-order valence-electron chi connectivity index (χ0n) is 15.2. The number of carbonyl (C=O) groups is 1. The smallest absolute Gasteiger partial charge is 0.254 e. The molecule has 0 atom stereocenters. The van der Waals surface area contributed by atoms with E-state index < -0.39 is 0 Å². The highest BCUT2D eigenvalue weighted by molar-refractivity contribution is 5.94. The van der Waals surface area contributed by atoms with Crippen molar-refractivity contribution >= 4 is 5.91 Å². The number of benzene rings is 1. The number of nitrogens with zero attached hydrogens (tertiary/aromatic N) is 4. The summed E-state index contributed by atoms with van der Waals surface area (Å²) in [7, 11) is 1.62. The van der Waals surface area contributed by atoms with Gasteiger partial charge in [0, 0.05) is 56.6 Å². The van der Waals surface area contributed by atoms with Gasteiger partial charge in [-0.2, -0.15) is 5.10 Å². The van der Waals surface area contributed by atoms with Crippen LogP contribution >= 0.6 is 0 Å². The second-order valence-corrected chi connectivity index (χ2v) is 6.40. The Morgan fingerprint density at radius 2 is 2.00 bits per heavy atom. The van der Waals surface area contributed by atoms with Crippen molar-refractivity contribution in [2.45, 2.75) is 26.9 Å². The molecule has 3 rings (SSSR count). The third-order valence-corrected chi connectivity index (χ3v) is 4.74. The normalized spacial score (nSPS) is 15.4. The van der Waals surface area contributed by atoms with Crippen LogP contribution in [0, 0.1) is 6.92 Å². The van der Waals surface area contributed by atoms with Gasteiger partial charge in [-0.25, -0.2) is 0 Å². The van der Waals surface area contributed by atoms with Gasteiger partial charge in [0.25, 0.3) is 5.91 Å². The molecule has 0 saturated carbocycles. The zero-order valence-corrected chi connectivity index (χ0v) is 15.2. The predicted molar refractivity (Wildman–Crippen MR) is 96.8 cm³/mol. The van der Waals surface area contributed by atoms with E-state index in [1.807, 2.05) is 27.8 Å². The average molecular weight is 342 g/mol. The van der Waals surface area contributed by atoms with Crippen molar-refractivity contribution in [3.8, 4) is 5.75 Å². The molecular formula is C19H26N4O2. The molecule has 0 radical (unpaired) electrons. The number of piperazine rings is 1. The molecule has 134 valence electrons. The van der Waals surface area contributed by atoms with E-state index in [0.29, 0.717) is 11.3 Å². The number of hydrogen-bond donors (Lipinski definition) is 0. The minimum absolute atomic E-state index is 0.0773. The Bertz CT molecular complexity index is 733. The molecular weight excluding hydrogens is 316 g/mol. The number of hydrogen-bond acceptors (Lipinski definition) is 4. The zero-order chi connectivity index (χ0) is 17.8. The summed E-state index contributed by atoms with van der Waals surface area (Å²) in [5.74, 6) is 0.793. The van der Waals surface area contributed by atoms with E-state index in [1.54, 1.807) is 13.2 Å². The van der Waals surface area contributed by atoms with Crippen LogP contribution in [-0.2, 0) is 13.1 Å². The Morgan fingerprint density at radius 3 is 2.64 bits per heavy atom. The summed E-state index contributed by atoms with van der Waals surface area (Å²) >= 11 is 0. The van der Waals surface area contributed by atoms with Gasteiger partial charge in [0.1, 0.15) is 5.75 Å². The maximum absolute atomic E-state index is 12.7. The molecule has 2 heterocycles. The third kappa shape index (κ3) is 4.02. The molecule has 1 saturated heterocycles. The van der Waals surface area contributed by atoms with Gasteiger partial charge >= 0.3 is 0 Å². The van der Waals surface area contributed by atoms with Crippen LogP contribution in [0.3, 0.4) is 0 Å². The van der Waals surface area contributed by atoms with Gasteiger partial charge in [-0.15, -0.1) is 0 Å². The molecule has 1 aliphatic heterocycles. The summed E-state index contributed by atoms with van der Waals surface area (Å²) in [6.45, 7) is 9.20. The van der Waals surface area contributed by atoms with Crippen LogP contribution in [0.1, 0.15) is 28.5 Å². The minimum Gasteiger partial charge on any atom is -0.497 e. The highest BCUT2D eigenvalue weighted by Crippen LogP contribution is 2.17. The van der Waals surface area contributed by atoms with Gasteiger partial charge in [-0.05, 0) is 32.0 Å². The summed E-state index contributed by atoms with van der Waals surface area (Å²) in [6, 6.07) is 7.36. The number of amides is 1. The lowest BCUT2D eigenvalue weighted by molar-refractivity contribution is 0.0628. The molecule has 1 amide bonds. The summed E-state index contributed by atoms with van der Waals surface area (Å²) in [4.78, 5) is 17.0. The fourth-order valence-corrected chi connectivity index (χ4v) is 3.16. The molecule has 1 fully saturated rings. The lowest BCUT2D eigenvalue weighted by Gasteiger charge is -2.34. The first kappa shape index (κ1) is 17.5. The SMILES string of the molecule is CCn1cc(CN2CCN(C(=O)c3cccc(OC)c3)CC2)c(C)n1. The number of methoxy groups -OCH3 is 1. The van der Waals surface area contributed by atoms with E-state index in [-0.39, 0.29) is 5.91 Å². The standard InChI is InChI=1S/C19H26N4O2/c1-4-23-14-17(15(2)20-23)13-21-8-10-22(11-9-21)19(24)16-6-5-7-18(12-16)25-3/h5-7,12,14H,4,8-11,13H2,1-3H3. The van der Waals surface area contributed by atoms with Gasteiger partial charge in [0.15, 0.2) is 0 Å². The average Bonchev–Trinajstić information content (AvgIpc) is 3.01. The van der Waals surface area contributed by atoms with E-state index in [4.69, 9.17) is 4.74 Å². The van der Waals surface area contributed by atoms with Crippen molar-refractivity contribution in [3.63, 3.8) is 0 Å². The van der Waals surface area contributed by atoms with E-state index in [1.165, 1.54) is 5.56 Å². The molecule has 0 aliphatic carbocycles. The van der Waals surface area contributed by atoms with Crippen LogP contribution in [0.5, 0.6) is 5.75 Å². The van der Waals surface area contributed by atoms with Gasteiger partial charge in [0.2, 0.25) is 0 Å². The predicted octanol–water partition coefficient (Wildman–Crippen LogP) is 2.18. The van der Waals surface area contributed by atoms with Crippen molar-refractivity contribution in [3.05, 3.63) is 47.3 Å². The van der Waals surface area contributed by atoms with Gasteiger partial charge < -0.3 is 9.64 Å². The van der Waals surface area contributed by atoms with Crippen molar-refractivity contribution in [1.82, 2.24) is 19.6 Å². The molecule has 1 aliphatic rings.